The van der Waals surface area contributed by atoms with Gasteiger partial charge in [-0.25, -0.2) is 0 Å². The van der Waals surface area contributed by atoms with Crippen LogP contribution in [-0.4, -0.2) is 31.6 Å². The fourth-order valence-electron chi connectivity index (χ4n) is 2.85. The molecule has 1 fully saturated rings. The predicted molar refractivity (Wildman–Crippen MR) is 87.1 cm³/mol. The molecule has 1 unspecified atom stereocenters. The third kappa shape index (κ3) is 4.92. The Hall–Kier alpha value is -0.860. The molecule has 0 spiro atoms. The normalized spacial score (nSPS) is 16.6. The van der Waals surface area contributed by atoms with Crippen LogP contribution in [0.25, 0.3) is 0 Å². The van der Waals surface area contributed by atoms with Crippen LogP contribution in [0.5, 0.6) is 0 Å². The SMILES string of the molecule is CCCNC(CCN(C)CC1CC1)c1ccccc1C. The van der Waals surface area contributed by atoms with E-state index in [9.17, 15) is 0 Å². The minimum absolute atomic E-state index is 0.498. The Morgan fingerprint density at radius 2 is 2.05 bits per heavy atom. The molecule has 1 atom stereocenters. The highest BCUT2D eigenvalue weighted by Gasteiger charge is 2.23. The number of hydrogen-bond acceptors (Lipinski definition) is 2. The molecule has 0 amide bonds. The molecule has 0 radical (unpaired) electrons. The summed E-state index contributed by atoms with van der Waals surface area (Å²) >= 11 is 0. The molecule has 2 rings (SSSR count). The molecular weight excluding hydrogens is 244 g/mol. The van der Waals surface area contributed by atoms with Gasteiger partial charge in [-0.2, -0.15) is 0 Å². The Morgan fingerprint density at radius 3 is 2.70 bits per heavy atom. The number of nitrogens with one attached hydrogen (secondary N) is 1. The zero-order valence-corrected chi connectivity index (χ0v) is 13.4. The van der Waals surface area contributed by atoms with E-state index in [0.29, 0.717) is 6.04 Å². The quantitative estimate of drug-likeness (QED) is 0.737. The van der Waals surface area contributed by atoms with Crippen LogP contribution < -0.4 is 5.32 Å². The predicted octanol–water partition coefficient (Wildman–Crippen LogP) is 3.77. The van der Waals surface area contributed by atoms with Crippen molar-refractivity contribution in [3.63, 3.8) is 0 Å². The number of rotatable bonds is 9. The minimum atomic E-state index is 0.498. The summed E-state index contributed by atoms with van der Waals surface area (Å²) in [4.78, 5) is 2.51. The fraction of sp³-hybridized carbons (Fsp3) is 0.667. The second-order valence-electron chi connectivity index (χ2n) is 6.36. The summed E-state index contributed by atoms with van der Waals surface area (Å²) in [6.45, 7) is 8.04. The smallest absolute Gasteiger partial charge is 0.0335 e. The van der Waals surface area contributed by atoms with Gasteiger partial charge >= 0.3 is 0 Å². The van der Waals surface area contributed by atoms with Crippen LogP contribution in [0.3, 0.4) is 0 Å². The van der Waals surface area contributed by atoms with Crippen molar-refractivity contribution in [2.24, 2.45) is 5.92 Å². The fourth-order valence-corrected chi connectivity index (χ4v) is 2.85. The third-order valence-corrected chi connectivity index (χ3v) is 4.27. The maximum absolute atomic E-state index is 3.72. The third-order valence-electron chi connectivity index (χ3n) is 4.27. The van der Waals surface area contributed by atoms with E-state index in [1.807, 2.05) is 0 Å². The van der Waals surface area contributed by atoms with Gasteiger partial charge in [-0.05, 0) is 69.8 Å². The lowest BCUT2D eigenvalue weighted by Crippen LogP contribution is -2.29. The van der Waals surface area contributed by atoms with Crippen molar-refractivity contribution >= 4 is 0 Å². The van der Waals surface area contributed by atoms with Crippen LogP contribution in [0.4, 0.5) is 0 Å². The summed E-state index contributed by atoms with van der Waals surface area (Å²) in [6, 6.07) is 9.30. The van der Waals surface area contributed by atoms with Crippen LogP contribution in [0, 0.1) is 12.8 Å². The number of hydrogen-bond donors (Lipinski definition) is 1. The van der Waals surface area contributed by atoms with Crippen molar-refractivity contribution in [1.29, 1.82) is 0 Å². The van der Waals surface area contributed by atoms with Crippen molar-refractivity contribution in [1.82, 2.24) is 10.2 Å². The van der Waals surface area contributed by atoms with Crippen LogP contribution in [-0.2, 0) is 0 Å². The van der Waals surface area contributed by atoms with Gasteiger partial charge in [0, 0.05) is 12.6 Å². The highest BCUT2D eigenvalue weighted by Crippen LogP contribution is 2.29. The van der Waals surface area contributed by atoms with Gasteiger partial charge in [-0.15, -0.1) is 0 Å². The average Bonchev–Trinajstić information content (AvgIpc) is 3.24. The van der Waals surface area contributed by atoms with Crippen molar-refractivity contribution in [3.05, 3.63) is 35.4 Å². The van der Waals surface area contributed by atoms with E-state index in [4.69, 9.17) is 0 Å². The molecule has 0 aliphatic heterocycles. The molecule has 1 aromatic carbocycles. The summed E-state index contributed by atoms with van der Waals surface area (Å²) in [7, 11) is 2.27. The van der Waals surface area contributed by atoms with E-state index in [2.05, 4.69) is 55.4 Å². The summed E-state index contributed by atoms with van der Waals surface area (Å²) in [5.74, 6) is 0.987. The maximum atomic E-state index is 3.72. The topological polar surface area (TPSA) is 15.3 Å². The van der Waals surface area contributed by atoms with Gasteiger partial charge in [0.1, 0.15) is 0 Å². The highest BCUT2D eigenvalue weighted by molar-refractivity contribution is 5.28. The van der Waals surface area contributed by atoms with E-state index in [1.54, 1.807) is 0 Å². The van der Waals surface area contributed by atoms with E-state index in [-0.39, 0.29) is 0 Å². The molecule has 0 aromatic heterocycles. The van der Waals surface area contributed by atoms with Crippen LogP contribution in [0.15, 0.2) is 24.3 Å². The number of aryl methyl sites for hydroxylation is 1. The monoisotopic (exact) mass is 274 g/mol. The molecule has 0 heterocycles. The van der Waals surface area contributed by atoms with Gasteiger partial charge < -0.3 is 10.2 Å². The molecule has 2 heteroatoms. The van der Waals surface area contributed by atoms with Crippen molar-refractivity contribution < 1.29 is 0 Å². The zero-order valence-electron chi connectivity index (χ0n) is 13.4. The largest absolute Gasteiger partial charge is 0.310 e. The Morgan fingerprint density at radius 1 is 1.30 bits per heavy atom. The second-order valence-corrected chi connectivity index (χ2v) is 6.36. The second kappa shape index (κ2) is 7.80. The summed E-state index contributed by atoms with van der Waals surface area (Å²) in [5, 5.41) is 3.72. The summed E-state index contributed by atoms with van der Waals surface area (Å²) in [6.07, 6.45) is 5.29. The molecule has 2 nitrogen and oxygen atoms in total. The van der Waals surface area contributed by atoms with Crippen LogP contribution >= 0.6 is 0 Å². The number of nitrogens with zero attached hydrogens (tertiary/aromatic N) is 1. The molecule has 1 aromatic rings. The molecule has 1 aliphatic rings. The molecule has 112 valence electrons. The molecule has 20 heavy (non-hydrogen) atoms. The van der Waals surface area contributed by atoms with Gasteiger partial charge in [0.15, 0.2) is 0 Å². The minimum Gasteiger partial charge on any atom is -0.310 e. The highest BCUT2D eigenvalue weighted by atomic mass is 15.1. The van der Waals surface area contributed by atoms with E-state index >= 15 is 0 Å². The van der Waals surface area contributed by atoms with Gasteiger partial charge in [0.2, 0.25) is 0 Å². The molecule has 1 N–H and O–H groups in total. The standard InChI is InChI=1S/C18H30N2/c1-4-12-19-18(17-8-6-5-7-15(17)2)11-13-20(3)14-16-9-10-16/h5-8,16,18-19H,4,9-14H2,1-3H3. The molecular formula is C18H30N2. The van der Waals surface area contributed by atoms with E-state index < -0.39 is 0 Å². The van der Waals surface area contributed by atoms with E-state index in [0.717, 1.165) is 12.5 Å². The maximum Gasteiger partial charge on any atom is 0.0335 e. The van der Waals surface area contributed by atoms with E-state index in [1.165, 1.54) is 49.9 Å². The lowest BCUT2D eigenvalue weighted by Gasteiger charge is -2.24. The van der Waals surface area contributed by atoms with Gasteiger partial charge in [-0.1, -0.05) is 31.2 Å². The molecule has 1 saturated carbocycles. The Labute approximate surface area is 124 Å². The van der Waals surface area contributed by atoms with Crippen molar-refractivity contribution in [3.8, 4) is 0 Å². The van der Waals surface area contributed by atoms with Gasteiger partial charge in [0.05, 0.1) is 0 Å². The van der Waals surface area contributed by atoms with Crippen molar-refractivity contribution in [2.45, 2.75) is 45.6 Å². The lowest BCUT2D eigenvalue weighted by molar-refractivity contribution is 0.296. The van der Waals surface area contributed by atoms with Crippen molar-refractivity contribution in [2.75, 3.05) is 26.7 Å². The lowest BCUT2D eigenvalue weighted by atomic mass is 9.98. The first-order valence-electron chi connectivity index (χ1n) is 8.18. The molecule has 1 aliphatic carbocycles. The Kier molecular flexibility index (Phi) is 6.06. The molecule has 0 saturated heterocycles. The van der Waals surface area contributed by atoms with Crippen LogP contribution in [0.2, 0.25) is 0 Å². The van der Waals surface area contributed by atoms with Gasteiger partial charge in [-0.3, -0.25) is 0 Å². The first-order chi connectivity index (χ1) is 9.70. The first kappa shape index (κ1) is 15.5. The Bertz CT molecular complexity index is 398. The number of benzene rings is 1. The van der Waals surface area contributed by atoms with Crippen LogP contribution in [0.1, 0.15) is 49.8 Å². The first-order valence-corrected chi connectivity index (χ1v) is 8.18. The molecule has 0 bridgehead atoms. The Balaban J connectivity index is 1.90. The van der Waals surface area contributed by atoms with Gasteiger partial charge in [0.25, 0.3) is 0 Å². The summed E-state index contributed by atoms with van der Waals surface area (Å²) < 4.78 is 0. The summed E-state index contributed by atoms with van der Waals surface area (Å²) in [5.41, 5.74) is 2.88. The average molecular weight is 274 g/mol. The zero-order chi connectivity index (χ0) is 14.4.